The van der Waals surface area contributed by atoms with Gasteiger partial charge in [0.05, 0.1) is 18.1 Å². The van der Waals surface area contributed by atoms with Crippen molar-refractivity contribution in [1.82, 2.24) is 5.32 Å². The van der Waals surface area contributed by atoms with Gasteiger partial charge >= 0.3 is 0 Å². The van der Waals surface area contributed by atoms with Gasteiger partial charge in [-0.15, -0.1) is 0 Å². The minimum absolute atomic E-state index is 0.0822. The molecule has 1 N–H and O–H groups in total. The van der Waals surface area contributed by atoms with Crippen molar-refractivity contribution in [2.75, 3.05) is 24.7 Å². The number of benzene rings is 2. The fraction of sp³-hybridized carbons (Fsp3) is 0.250. The Morgan fingerprint density at radius 2 is 1.86 bits per heavy atom. The first-order chi connectivity index (χ1) is 10.8. The highest BCUT2D eigenvalue weighted by Crippen LogP contribution is 2.34. The van der Waals surface area contributed by atoms with E-state index in [1.54, 1.807) is 12.1 Å². The molecule has 0 aromatic heterocycles. The number of rotatable bonds is 4. The van der Waals surface area contributed by atoms with Crippen molar-refractivity contribution < 1.29 is 9.66 Å². The monoisotopic (exact) mass is 299 g/mol. The lowest BCUT2D eigenvalue weighted by Gasteiger charge is -2.36. The lowest BCUT2D eigenvalue weighted by Crippen LogP contribution is -2.51. The first-order valence-corrected chi connectivity index (χ1v) is 7.16. The van der Waals surface area contributed by atoms with Crippen LogP contribution in [0, 0.1) is 10.1 Å². The Morgan fingerprint density at radius 3 is 2.55 bits per heavy atom. The highest BCUT2D eigenvalue weighted by molar-refractivity contribution is 5.72. The number of hydrogen-bond donors (Lipinski definition) is 1. The third-order valence-electron chi connectivity index (χ3n) is 3.59. The van der Waals surface area contributed by atoms with Crippen LogP contribution in [0.3, 0.4) is 0 Å². The van der Waals surface area contributed by atoms with Gasteiger partial charge in [0.25, 0.3) is 5.69 Å². The molecular weight excluding hydrogens is 282 g/mol. The molecule has 0 saturated carbocycles. The van der Waals surface area contributed by atoms with Crippen molar-refractivity contribution in [3.05, 3.63) is 64.7 Å². The quantitative estimate of drug-likeness (QED) is 0.694. The number of anilines is 2. The number of nitro benzene ring substituents is 1. The topological polar surface area (TPSA) is 67.6 Å². The van der Waals surface area contributed by atoms with Crippen LogP contribution in [-0.2, 0) is 4.74 Å². The van der Waals surface area contributed by atoms with Crippen LogP contribution in [0.1, 0.15) is 0 Å². The van der Waals surface area contributed by atoms with Gasteiger partial charge in [-0.1, -0.05) is 30.3 Å². The zero-order chi connectivity index (χ0) is 15.4. The average molecular weight is 299 g/mol. The Hall–Kier alpha value is -2.44. The van der Waals surface area contributed by atoms with E-state index in [0.717, 1.165) is 5.69 Å². The first-order valence-electron chi connectivity index (χ1n) is 7.16. The van der Waals surface area contributed by atoms with Crippen LogP contribution in [-0.4, -0.2) is 30.8 Å². The molecule has 1 fully saturated rings. The third kappa shape index (κ3) is 2.93. The summed E-state index contributed by atoms with van der Waals surface area (Å²) in [6.07, 6.45) is -0.141. The predicted octanol–water partition coefficient (Wildman–Crippen LogP) is 2.68. The van der Waals surface area contributed by atoms with E-state index in [9.17, 15) is 10.1 Å². The van der Waals surface area contributed by atoms with Gasteiger partial charge in [-0.25, -0.2) is 0 Å². The summed E-state index contributed by atoms with van der Waals surface area (Å²) >= 11 is 0. The molecule has 6 nitrogen and oxygen atoms in total. The first kappa shape index (κ1) is 14.5. The molecule has 1 heterocycles. The van der Waals surface area contributed by atoms with Crippen LogP contribution in [0.15, 0.2) is 54.6 Å². The molecule has 6 heteroatoms. The lowest BCUT2D eigenvalue weighted by atomic mass is 10.2. The van der Waals surface area contributed by atoms with Crippen LogP contribution < -0.4 is 10.2 Å². The molecule has 0 bridgehead atoms. The van der Waals surface area contributed by atoms with Crippen molar-refractivity contribution in [1.29, 1.82) is 0 Å². The largest absolute Gasteiger partial charge is 0.377 e. The molecule has 1 aliphatic heterocycles. The summed E-state index contributed by atoms with van der Waals surface area (Å²) in [6, 6.07) is 16.4. The summed E-state index contributed by atoms with van der Waals surface area (Å²) in [6.45, 7) is 1.84. The van der Waals surface area contributed by atoms with E-state index < -0.39 is 0 Å². The molecule has 2 aromatic carbocycles. The van der Waals surface area contributed by atoms with Crippen molar-refractivity contribution in [2.24, 2.45) is 0 Å². The molecule has 0 spiro atoms. The SMILES string of the molecule is O=[N+]([O-])c1ccccc1N(c1ccccc1)C1COCCN1. The molecule has 1 saturated heterocycles. The molecule has 0 aliphatic carbocycles. The number of hydrogen-bond acceptors (Lipinski definition) is 5. The number of ether oxygens (including phenoxy) is 1. The molecule has 3 rings (SSSR count). The summed E-state index contributed by atoms with van der Waals surface area (Å²) < 4.78 is 5.53. The van der Waals surface area contributed by atoms with E-state index in [1.807, 2.05) is 41.3 Å². The second-order valence-corrected chi connectivity index (χ2v) is 5.00. The number of para-hydroxylation sites is 3. The maximum Gasteiger partial charge on any atom is 0.292 e. The van der Waals surface area contributed by atoms with Gasteiger partial charge in [0, 0.05) is 18.3 Å². The second kappa shape index (κ2) is 6.55. The molecular formula is C16H17N3O3. The Labute approximate surface area is 128 Å². The molecule has 2 aromatic rings. The van der Waals surface area contributed by atoms with E-state index in [4.69, 9.17) is 4.74 Å². The van der Waals surface area contributed by atoms with Gasteiger partial charge in [-0.3, -0.25) is 15.4 Å². The number of nitrogens with zero attached hydrogens (tertiary/aromatic N) is 2. The van der Waals surface area contributed by atoms with Gasteiger partial charge < -0.3 is 9.64 Å². The van der Waals surface area contributed by atoms with Crippen molar-refractivity contribution in [2.45, 2.75) is 6.17 Å². The second-order valence-electron chi connectivity index (χ2n) is 5.00. The summed E-state index contributed by atoms with van der Waals surface area (Å²) in [4.78, 5) is 12.9. The van der Waals surface area contributed by atoms with Crippen molar-refractivity contribution in [3.8, 4) is 0 Å². The normalized spacial score (nSPS) is 17.9. The fourth-order valence-corrected chi connectivity index (χ4v) is 2.62. The number of nitro groups is 1. The molecule has 114 valence electrons. The van der Waals surface area contributed by atoms with Gasteiger partial charge in [0.2, 0.25) is 0 Å². The van der Waals surface area contributed by atoms with Crippen LogP contribution in [0.2, 0.25) is 0 Å². The molecule has 0 radical (unpaired) electrons. The summed E-state index contributed by atoms with van der Waals surface area (Å²) in [5, 5.41) is 14.7. The van der Waals surface area contributed by atoms with Crippen molar-refractivity contribution in [3.63, 3.8) is 0 Å². The van der Waals surface area contributed by atoms with Gasteiger partial charge in [-0.2, -0.15) is 0 Å². The zero-order valence-corrected chi connectivity index (χ0v) is 12.0. The van der Waals surface area contributed by atoms with E-state index in [2.05, 4.69) is 5.32 Å². The highest BCUT2D eigenvalue weighted by atomic mass is 16.6. The molecule has 22 heavy (non-hydrogen) atoms. The third-order valence-corrected chi connectivity index (χ3v) is 3.59. The smallest absolute Gasteiger partial charge is 0.292 e. The van der Waals surface area contributed by atoms with E-state index in [0.29, 0.717) is 25.4 Å². The number of nitrogens with one attached hydrogen (secondary N) is 1. The Bertz CT molecular complexity index is 642. The molecule has 1 atom stereocenters. The van der Waals surface area contributed by atoms with Crippen LogP contribution in [0.25, 0.3) is 0 Å². The van der Waals surface area contributed by atoms with Crippen LogP contribution >= 0.6 is 0 Å². The zero-order valence-electron chi connectivity index (χ0n) is 12.0. The Balaban J connectivity index is 2.07. The minimum Gasteiger partial charge on any atom is -0.377 e. The minimum atomic E-state index is -0.352. The molecule has 0 amide bonds. The highest BCUT2D eigenvalue weighted by Gasteiger charge is 2.28. The maximum atomic E-state index is 11.4. The summed E-state index contributed by atoms with van der Waals surface area (Å²) in [5.41, 5.74) is 1.53. The number of morpholine rings is 1. The van der Waals surface area contributed by atoms with E-state index in [1.165, 1.54) is 6.07 Å². The standard InChI is InChI=1S/C16H17N3O3/c20-19(21)15-9-5-4-8-14(15)18(13-6-2-1-3-7-13)16-12-22-11-10-17-16/h1-9,16-17H,10-12H2. The maximum absolute atomic E-state index is 11.4. The lowest BCUT2D eigenvalue weighted by molar-refractivity contribution is -0.384. The van der Waals surface area contributed by atoms with Crippen molar-refractivity contribution >= 4 is 17.1 Å². The summed E-state index contributed by atoms with van der Waals surface area (Å²) in [5.74, 6) is 0. The van der Waals surface area contributed by atoms with Gasteiger partial charge in [0.1, 0.15) is 11.9 Å². The predicted molar refractivity (Wildman–Crippen MR) is 84.3 cm³/mol. The van der Waals surface area contributed by atoms with Crippen LogP contribution in [0.5, 0.6) is 0 Å². The summed E-state index contributed by atoms with van der Waals surface area (Å²) in [7, 11) is 0. The van der Waals surface area contributed by atoms with Crippen LogP contribution in [0.4, 0.5) is 17.1 Å². The van der Waals surface area contributed by atoms with E-state index >= 15 is 0 Å². The Kier molecular flexibility index (Phi) is 4.32. The van der Waals surface area contributed by atoms with Gasteiger partial charge in [-0.05, 0) is 18.2 Å². The van der Waals surface area contributed by atoms with E-state index in [-0.39, 0.29) is 16.8 Å². The Morgan fingerprint density at radius 1 is 1.14 bits per heavy atom. The molecule has 1 aliphatic rings. The fourth-order valence-electron chi connectivity index (χ4n) is 2.62. The molecule has 1 unspecified atom stereocenters. The average Bonchev–Trinajstić information content (AvgIpc) is 2.57. The van der Waals surface area contributed by atoms with Gasteiger partial charge in [0.15, 0.2) is 0 Å².